The van der Waals surface area contributed by atoms with E-state index in [0.717, 1.165) is 29.9 Å². The first-order chi connectivity index (χ1) is 15.4. The van der Waals surface area contributed by atoms with E-state index in [4.69, 9.17) is 4.74 Å². The largest absolute Gasteiger partial charge is 0.465 e. The minimum Gasteiger partial charge on any atom is -0.465 e. The molecule has 1 fully saturated rings. The number of nitrogens with zero attached hydrogens (tertiary/aromatic N) is 2. The number of esters is 1. The molecule has 3 rings (SSSR count). The molecule has 0 saturated carbocycles. The Labute approximate surface area is 188 Å². The van der Waals surface area contributed by atoms with Gasteiger partial charge in [-0.2, -0.15) is 0 Å². The van der Waals surface area contributed by atoms with Crippen molar-refractivity contribution in [2.24, 2.45) is 0 Å². The third kappa shape index (κ3) is 6.73. The van der Waals surface area contributed by atoms with E-state index in [1.165, 1.54) is 0 Å². The summed E-state index contributed by atoms with van der Waals surface area (Å²) in [6, 6.07) is 15.1. The number of aryl methyl sites for hydroxylation is 1. The summed E-state index contributed by atoms with van der Waals surface area (Å²) >= 11 is 0. The molecule has 0 bridgehead atoms. The quantitative estimate of drug-likeness (QED) is 0.649. The van der Waals surface area contributed by atoms with E-state index >= 15 is 0 Å². The summed E-state index contributed by atoms with van der Waals surface area (Å²) in [5.74, 6) is -0.321. The fourth-order valence-electron chi connectivity index (χ4n) is 3.62. The molecule has 1 aliphatic rings. The van der Waals surface area contributed by atoms with Crippen LogP contribution in [0.4, 0.5) is 16.2 Å². The Morgan fingerprint density at radius 3 is 2.38 bits per heavy atom. The number of carbonyl (C=O) groups excluding carboxylic acids is 3. The van der Waals surface area contributed by atoms with Gasteiger partial charge in [-0.25, -0.2) is 4.79 Å². The van der Waals surface area contributed by atoms with E-state index in [9.17, 15) is 14.4 Å². The summed E-state index contributed by atoms with van der Waals surface area (Å²) in [6.07, 6.45) is 0.431. The summed E-state index contributed by atoms with van der Waals surface area (Å²) in [4.78, 5) is 40.0. The average molecular weight is 439 g/mol. The van der Waals surface area contributed by atoms with Crippen LogP contribution in [-0.2, 0) is 20.7 Å². The number of carbonyl (C=O) groups is 3. The van der Waals surface area contributed by atoms with Crippen LogP contribution in [0.25, 0.3) is 0 Å². The molecule has 0 spiro atoms. The standard InChI is InChI=1S/C24H30N4O4/c1-3-32-23(30)17-25-24(31)26-20-7-9-21(10-8-20)27-11-13-28(14-12-27)22(29)16-19-6-4-5-18(2)15-19/h4-10,15H,3,11-14,16-17H2,1-2H3,(H2,25,26,31). The number of hydrogen-bond donors (Lipinski definition) is 2. The van der Waals surface area contributed by atoms with Gasteiger partial charge in [-0.15, -0.1) is 0 Å². The number of hydrogen-bond acceptors (Lipinski definition) is 5. The highest BCUT2D eigenvalue weighted by atomic mass is 16.5. The second-order valence-corrected chi connectivity index (χ2v) is 7.69. The molecular weight excluding hydrogens is 408 g/mol. The van der Waals surface area contributed by atoms with Gasteiger partial charge >= 0.3 is 12.0 Å². The van der Waals surface area contributed by atoms with Crippen molar-refractivity contribution in [1.82, 2.24) is 10.2 Å². The van der Waals surface area contributed by atoms with Gasteiger partial charge in [0, 0.05) is 37.6 Å². The monoisotopic (exact) mass is 438 g/mol. The first kappa shape index (κ1) is 23.1. The van der Waals surface area contributed by atoms with Crippen molar-refractivity contribution in [1.29, 1.82) is 0 Å². The normalized spacial score (nSPS) is 13.4. The van der Waals surface area contributed by atoms with Crippen molar-refractivity contribution < 1.29 is 19.1 Å². The maximum absolute atomic E-state index is 12.6. The van der Waals surface area contributed by atoms with Crippen LogP contribution in [-0.4, -0.2) is 62.1 Å². The molecule has 3 amide bonds. The maximum atomic E-state index is 12.6. The molecule has 0 aromatic heterocycles. The third-order valence-electron chi connectivity index (χ3n) is 5.26. The smallest absolute Gasteiger partial charge is 0.325 e. The molecule has 8 nitrogen and oxygen atoms in total. The number of anilines is 2. The van der Waals surface area contributed by atoms with E-state index in [1.54, 1.807) is 6.92 Å². The molecule has 1 saturated heterocycles. The number of rotatable bonds is 7. The molecule has 0 aliphatic carbocycles. The predicted octanol–water partition coefficient (Wildman–Crippen LogP) is 2.57. The van der Waals surface area contributed by atoms with Crippen LogP contribution in [0.1, 0.15) is 18.1 Å². The van der Waals surface area contributed by atoms with Crippen LogP contribution < -0.4 is 15.5 Å². The first-order valence-corrected chi connectivity index (χ1v) is 10.8. The fraction of sp³-hybridized carbons (Fsp3) is 0.375. The van der Waals surface area contributed by atoms with Crippen molar-refractivity contribution in [3.8, 4) is 0 Å². The van der Waals surface area contributed by atoms with Gasteiger partial charge in [-0.05, 0) is 43.7 Å². The van der Waals surface area contributed by atoms with Gasteiger partial charge in [0.05, 0.1) is 13.0 Å². The fourth-order valence-corrected chi connectivity index (χ4v) is 3.62. The van der Waals surface area contributed by atoms with Crippen molar-refractivity contribution in [2.45, 2.75) is 20.3 Å². The summed E-state index contributed by atoms with van der Waals surface area (Å²) in [5.41, 5.74) is 3.87. The third-order valence-corrected chi connectivity index (χ3v) is 5.26. The molecule has 0 atom stereocenters. The maximum Gasteiger partial charge on any atom is 0.325 e. The Hall–Kier alpha value is -3.55. The number of ether oxygens (including phenoxy) is 1. The van der Waals surface area contributed by atoms with Crippen molar-refractivity contribution in [3.63, 3.8) is 0 Å². The Kier molecular flexibility index (Phi) is 8.08. The van der Waals surface area contributed by atoms with E-state index < -0.39 is 12.0 Å². The van der Waals surface area contributed by atoms with Crippen LogP contribution in [0.5, 0.6) is 0 Å². The van der Waals surface area contributed by atoms with Gasteiger partial charge < -0.3 is 25.2 Å². The topological polar surface area (TPSA) is 91.0 Å². The van der Waals surface area contributed by atoms with Crippen LogP contribution in [0.15, 0.2) is 48.5 Å². The number of piperazine rings is 1. The second-order valence-electron chi connectivity index (χ2n) is 7.69. The summed E-state index contributed by atoms with van der Waals surface area (Å²) in [6.45, 7) is 6.72. The van der Waals surface area contributed by atoms with Crippen LogP contribution in [0.3, 0.4) is 0 Å². The van der Waals surface area contributed by atoms with Gasteiger partial charge in [-0.1, -0.05) is 29.8 Å². The second kappa shape index (κ2) is 11.2. The minimum absolute atomic E-state index is 0.156. The highest BCUT2D eigenvalue weighted by Gasteiger charge is 2.21. The zero-order valence-corrected chi connectivity index (χ0v) is 18.6. The molecule has 170 valence electrons. The zero-order valence-electron chi connectivity index (χ0n) is 18.6. The minimum atomic E-state index is -0.477. The van der Waals surface area contributed by atoms with E-state index in [1.807, 2.05) is 54.3 Å². The number of urea groups is 1. The van der Waals surface area contributed by atoms with Crippen LogP contribution >= 0.6 is 0 Å². The predicted molar refractivity (Wildman–Crippen MR) is 124 cm³/mol. The molecule has 0 radical (unpaired) electrons. The van der Waals surface area contributed by atoms with Gasteiger partial charge in [0.1, 0.15) is 6.54 Å². The van der Waals surface area contributed by atoms with Crippen molar-refractivity contribution in [3.05, 3.63) is 59.7 Å². The van der Waals surface area contributed by atoms with Crippen LogP contribution in [0.2, 0.25) is 0 Å². The lowest BCUT2D eigenvalue weighted by atomic mass is 10.1. The molecule has 2 N–H and O–H groups in total. The lowest BCUT2D eigenvalue weighted by molar-refractivity contribution is -0.141. The van der Waals surface area contributed by atoms with Gasteiger partial charge in [0.2, 0.25) is 5.91 Å². The summed E-state index contributed by atoms with van der Waals surface area (Å²) in [5, 5.41) is 5.15. The molecule has 8 heteroatoms. The van der Waals surface area contributed by atoms with Crippen molar-refractivity contribution in [2.75, 3.05) is 49.5 Å². The summed E-state index contributed by atoms with van der Waals surface area (Å²) in [7, 11) is 0. The van der Waals surface area contributed by atoms with Gasteiger partial charge in [0.25, 0.3) is 0 Å². The average Bonchev–Trinajstić information content (AvgIpc) is 2.78. The molecule has 1 aliphatic heterocycles. The van der Waals surface area contributed by atoms with Gasteiger partial charge in [-0.3, -0.25) is 9.59 Å². The molecule has 2 aromatic rings. The lowest BCUT2D eigenvalue weighted by Crippen LogP contribution is -2.49. The Balaban J connectivity index is 1.45. The van der Waals surface area contributed by atoms with E-state index in [-0.39, 0.29) is 19.1 Å². The number of nitrogens with one attached hydrogen (secondary N) is 2. The highest BCUT2D eigenvalue weighted by Crippen LogP contribution is 2.20. The van der Waals surface area contributed by atoms with Gasteiger partial charge in [0.15, 0.2) is 0 Å². The SMILES string of the molecule is CCOC(=O)CNC(=O)Nc1ccc(N2CCN(C(=O)Cc3cccc(C)c3)CC2)cc1. The van der Waals surface area contributed by atoms with E-state index in [0.29, 0.717) is 25.2 Å². The molecule has 1 heterocycles. The Morgan fingerprint density at radius 1 is 1.00 bits per heavy atom. The van der Waals surface area contributed by atoms with E-state index in [2.05, 4.69) is 21.6 Å². The summed E-state index contributed by atoms with van der Waals surface area (Å²) < 4.78 is 4.77. The number of benzene rings is 2. The molecule has 2 aromatic carbocycles. The molecule has 32 heavy (non-hydrogen) atoms. The van der Waals surface area contributed by atoms with Crippen molar-refractivity contribution >= 4 is 29.3 Å². The zero-order chi connectivity index (χ0) is 22.9. The highest BCUT2D eigenvalue weighted by molar-refractivity contribution is 5.91. The molecular formula is C24H30N4O4. The Bertz CT molecular complexity index is 937. The van der Waals surface area contributed by atoms with Crippen LogP contribution in [0, 0.1) is 6.92 Å². The Morgan fingerprint density at radius 2 is 1.72 bits per heavy atom. The number of amides is 3. The lowest BCUT2D eigenvalue weighted by Gasteiger charge is -2.36. The molecule has 0 unspecified atom stereocenters. The first-order valence-electron chi connectivity index (χ1n) is 10.8.